The van der Waals surface area contributed by atoms with E-state index in [4.69, 9.17) is 4.43 Å². The van der Waals surface area contributed by atoms with Crippen LogP contribution in [0.5, 0.6) is 5.75 Å². The minimum atomic E-state index is -1.67. The van der Waals surface area contributed by atoms with Crippen LogP contribution in [0, 0.1) is 6.92 Å². The van der Waals surface area contributed by atoms with Crippen LogP contribution in [-0.4, -0.2) is 26.2 Å². The maximum atomic E-state index is 9.75. The minimum Gasteiger partial charge on any atom is -0.506 e. The van der Waals surface area contributed by atoms with Gasteiger partial charge in [-0.2, -0.15) is 0 Å². The summed E-state index contributed by atoms with van der Waals surface area (Å²) in [6.07, 6.45) is 2.59. The van der Waals surface area contributed by atoms with Gasteiger partial charge >= 0.3 is 0 Å². The van der Waals surface area contributed by atoms with Gasteiger partial charge in [0, 0.05) is 19.2 Å². The molecule has 0 saturated carbocycles. The van der Waals surface area contributed by atoms with Crippen molar-refractivity contribution in [3.63, 3.8) is 0 Å². The molecule has 0 atom stereocenters. The summed E-state index contributed by atoms with van der Waals surface area (Å²) in [7, 11) is -1.67. The van der Waals surface area contributed by atoms with Crippen LogP contribution in [0.15, 0.2) is 23.2 Å². The molecule has 0 spiro atoms. The zero-order valence-corrected chi connectivity index (χ0v) is 14.5. The number of phenols is 1. The first-order valence-corrected chi connectivity index (χ1v) is 10.0. The van der Waals surface area contributed by atoms with E-state index in [-0.39, 0.29) is 10.8 Å². The number of para-hydroxylation sites is 1. The predicted molar refractivity (Wildman–Crippen MR) is 88.8 cm³/mol. The maximum absolute atomic E-state index is 9.75. The number of aromatic hydroxyl groups is 1. The normalized spacial score (nSPS) is 13.1. The zero-order valence-electron chi connectivity index (χ0n) is 13.5. The van der Waals surface area contributed by atoms with Crippen molar-refractivity contribution >= 4 is 20.2 Å². The summed E-state index contributed by atoms with van der Waals surface area (Å²) in [4.78, 5) is 4.35. The van der Waals surface area contributed by atoms with Gasteiger partial charge in [-0.05, 0) is 36.7 Å². The average molecular weight is 293 g/mol. The molecule has 0 aliphatic carbocycles. The van der Waals surface area contributed by atoms with Crippen LogP contribution in [0.1, 0.15) is 32.8 Å². The van der Waals surface area contributed by atoms with E-state index in [1.165, 1.54) is 0 Å². The third kappa shape index (κ3) is 4.46. The number of rotatable bonds is 5. The highest BCUT2D eigenvalue weighted by atomic mass is 28.4. The Balaban J connectivity index is 2.52. The Kier molecular flexibility index (Phi) is 5.54. The fourth-order valence-corrected chi connectivity index (χ4v) is 2.61. The lowest BCUT2D eigenvalue weighted by atomic mass is 10.2. The summed E-state index contributed by atoms with van der Waals surface area (Å²) < 4.78 is 6.08. The fourth-order valence-electron chi connectivity index (χ4n) is 1.55. The molecule has 0 saturated heterocycles. The molecule has 1 aromatic carbocycles. The van der Waals surface area contributed by atoms with Gasteiger partial charge in [-0.15, -0.1) is 0 Å². The van der Waals surface area contributed by atoms with Crippen LogP contribution in [0.2, 0.25) is 18.1 Å². The fraction of sp³-hybridized carbons (Fsp3) is 0.562. The van der Waals surface area contributed by atoms with Gasteiger partial charge in [-0.1, -0.05) is 32.9 Å². The van der Waals surface area contributed by atoms with Gasteiger partial charge in [-0.3, -0.25) is 4.99 Å². The Morgan fingerprint density at radius 3 is 2.50 bits per heavy atom. The highest BCUT2D eigenvalue weighted by molar-refractivity contribution is 6.74. The topological polar surface area (TPSA) is 41.8 Å². The number of aliphatic imine (C=N–C) groups is 1. The largest absolute Gasteiger partial charge is 0.506 e. The van der Waals surface area contributed by atoms with Crippen LogP contribution >= 0.6 is 0 Å². The van der Waals surface area contributed by atoms with Crippen molar-refractivity contribution in [3.8, 4) is 5.75 Å². The lowest BCUT2D eigenvalue weighted by Gasteiger charge is -2.36. The quantitative estimate of drug-likeness (QED) is 0.480. The molecule has 0 aromatic heterocycles. The molecule has 112 valence electrons. The van der Waals surface area contributed by atoms with E-state index in [2.05, 4.69) is 38.9 Å². The molecule has 1 aromatic rings. The number of phenolic OH excluding ortho intramolecular Hbond substituents is 1. The maximum Gasteiger partial charge on any atom is 0.191 e. The smallest absolute Gasteiger partial charge is 0.191 e. The number of benzene rings is 1. The second-order valence-corrected chi connectivity index (χ2v) is 11.5. The average Bonchev–Trinajstić information content (AvgIpc) is 2.30. The van der Waals surface area contributed by atoms with E-state index in [9.17, 15) is 5.11 Å². The highest BCUT2D eigenvalue weighted by Crippen LogP contribution is 2.36. The minimum absolute atomic E-state index is 0.228. The molecular weight excluding hydrogens is 266 g/mol. The van der Waals surface area contributed by atoms with Crippen molar-refractivity contribution in [2.45, 2.75) is 52.2 Å². The summed E-state index contributed by atoms with van der Waals surface area (Å²) in [5, 5.41) is 9.98. The van der Waals surface area contributed by atoms with Crippen LogP contribution < -0.4 is 0 Å². The summed E-state index contributed by atoms with van der Waals surface area (Å²) >= 11 is 0. The molecule has 0 amide bonds. The lowest BCUT2D eigenvalue weighted by Crippen LogP contribution is -2.41. The molecule has 0 fully saturated rings. The molecular formula is C16H27NO2Si. The number of aryl methyl sites for hydroxylation is 1. The molecule has 0 unspecified atom stereocenters. The van der Waals surface area contributed by atoms with Crippen LogP contribution in [0.4, 0.5) is 5.69 Å². The summed E-state index contributed by atoms with van der Waals surface area (Å²) in [5.74, 6) is 0.228. The third-order valence-corrected chi connectivity index (χ3v) is 8.49. The number of hydrogen-bond donors (Lipinski definition) is 1. The van der Waals surface area contributed by atoms with Gasteiger partial charge in [0.25, 0.3) is 0 Å². The zero-order chi connectivity index (χ0) is 15.4. The van der Waals surface area contributed by atoms with Gasteiger partial charge in [0.15, 0.2) is 8.32 Å². The SMILES string of the molecule is Cc1cccc(O)c1N=CCCO[Si](C)(C)C(C)(C)C. The number of nitrogens with zero attached hydrogens (tertiary/aromatic N) is 1. The van der Waals surface area contributed by atoms with Crippen molar-refractivity contribution in [1.82, 2.24) is 0 Å². The highest BCUT2D eigenvalue weighted by Gasteiger charge is 2.36. The Bertz CT molecular complexity index is 456. The van der Waals surface area contributed by atoms with Crippen LogP contribution in [0.3, 0.4) is 0 Å². The molecule has 0 bridgehead atoms. The second-order valence-electron chi connectivity index (χ2n) is 6.65. The van der Waals surface area contributed by atoms with E-state index in [0.29, 0.717) is 12.3 Å². The Morgan fingerprint density at radius 1 is 1.30 bits per heavy atom. The van der Waals surface area contributed by atoms with E-state index >= 15 is 0 Å². The van der Waals surface area contributed by atoms with Crippen molar-refractivity contribution in [2.75, 3.05) is 6.61 Å². The van der Waals surface area contributed by atoms with Crippen molar-refractivity contribution < 1.29 is 9.53 Å². The van der Waals surface area contributed by atoms with Crippen LogP contribution in [0.25, 0.3) is 0 Å². The Hall–Kier alpha value is -1.13. The molecule has 1 N–H and O–H groups in total. The predicted octanol–water partition coefficient (Wildman–Crippen LogP) is 4.81. The molecule has 20 heavy (non-hydrogen) atoms. The molecule has 0 radical (unpaired) electrons. The number of hydrogen-bond acceptors (Lipinski definition) is 3. The monoisotopic (exact) mass is 293 g/mol. The first kappa shape index (κ1) is 16.9. The Morgan fingerprint density at radius 2 is 1.95 bits per heavy atom. The van der Waals surface area contributed by atoms with Crippen molar-refractivity contribution in [1.29, 1.82) is 0 Å². The van der Waals surface area contributed by atoms with E-state index in [0.717, 1.165) is 12.0 Å². The van der Waals surface area contributed by atoms with Crippen LogP contribution in [-0.2, 0) is 4.43 Å². The Labute approximate surface area is 123 Å². The molecule has 1 rings (SSSR count). The van der Waals surface area contributed by atoms with Gasteiger partial charge in [0.2, 0.25) is 0 Å². The first-order chi connectivity index (χ1) is 9.15. The summed E-state index contributed by atoms with van der Waals surface area (Å²) in [6.45, 7) is 13.8. The summed E-state index contributed by atoms with van der Waals surface area (Å²) in [6, 6.07) is 5.43. The second kappa shape index (κ2) is 6.55. The van der Waals surface area contributed by atoms with E-state index in [1.807, 2.05) is 25.3 Å². The molecule has 0 aliphatic rings. The van der Waals surface area contributed by atoms with Gasteiger partial charge < -0.3 is 9.53 Å². The van der Waals surface area contributed by atoms with E-state index in [1.54, 1.807) is 6.07 Å². The van der Waals surface area contributed by atoms with Crippen molar-refractivity contribution in [2.24, 2.45) is 4.99 Å². The molecule has 4 heteroatoms. The van der Waals surface area contributed by atoms with Crippen molar-refractivity contribution in [3.05, 3.63) is 23.8 Å². The molecule has 3 nitrogen and oxygen atoms in total. The lowest BCUT2D eigenvalue weighted by molar-refractivity contribution is 0.299. The molecule has 0 aliphatic heterocycles. The molecule has 0 heterocycles. The first-order valence-electron chi connectivity index (χ1n) is 7.10. The van der Waals surface area contributed by atoms with Gasteiger partial charge in [0.05, 0.1) is 0 Å². The van der Waals surface area contributed by atoms with E-state index < -0.39 is 8.32 Å². The van der Waals surface area contributed by atoms with Gasteiger partial charge in [-0.25, -0.2) is 0 Å². The van der Waals surface area contributed by atoms with Gasteiger partial charge in [0.1, 0.15) is 11.4 Å². The summed E-state index contributed by atoms with van der Waals surface area (Å²) in [5.41, 5.74) is 1.63. The standard InChI is InChI=1S/C16H27NO2Si/c1-13-9-7-10-14(18)15(13)17-11-8-12-19-20(5,6)16(2,3)4/h7,9-11,18H,8,12H2,1-6H3. The third-order valence-electron chi connectivity index (χ3n) is 3.95.